The zero-order valence-electron chi connectivity index (χ0n) is 19.4. The van der Waals surface area contributed by atoms with Crippen molar-refractivity contribution in [2.75, 3.05) is 24.9 Å². The quantitative estimate of drug-likeness (QED) is 0.643. The van der Waals surface area contributed by atoms with Gasteiger partial charge in [-0.05, 0) is 49.6 Å². The van der Waals surface area contributed by atoms with E-state index in [1.54, 1.807) is 48.2 Å². The lowest BCUT2D eigenvalue weighted by molar-refractivity contribution is -0.125. The Morgan fingerprint density at radius 2 is 1.88 bits per heavy atom. The molecule has 3 rings (SSSR count). The van der Waals surface area contributed by atoms with E-state index in [1.165, 1.54) is 13.2 Å². The number of para-hydroxylation sites is 2. The number of sulfonamides is 1. The van der Waals surface area contributed by atoms with E-state index >= 15 is 0 Å². The van der Waals surface area contributed by atoms with E-state index in [0.29, 0.717) is 30.1 Å². The summed E-state index contributed by atoms with van der Waals surface area (Å²) in [5.41, 5.74) is 1.13. The minimum Gasteiger partial charge on any atom is -0.495 e. The Labute approximate surface area is 195 Å². The van der Waals surface area contributed by atoms with Crippen LogP contribution in [-0.4, -0.2) is 51.4 Å². The van der Waals surface area contributed by atoms with Crippen LogP contribution in [0.25, 0.3) is 0 Å². The van der Waals surface area contributed by atoms with Gasteiger partial charge in [-0.25, -0.2) is 8.42 Å². The molecule has 1 unspecified atom stereocenters. The zero-order valence-corrected chi connectivity index (χ0v) is 20.2. The van der Waals surface area contributed by atoms with Crippen molar-refractivity contribution in [1.82, 2.24) is 10.2 Å². The molecule has 1 saturated heterocycles. The van der Waals surface area contributed by atoms with Crippen LogP contribution in [0.4, 0.5) is 5.69 Å². The molecule has 1 atom stereocenters. The Balaban J connectivity index is 1.81. The van der Waals surface area contributed by atoms with Crippen molar-refractivity contribution in [2.24, 2.45) is 5.92 Å². The van der Waals surface area contributed by atoms with Gasteiger partial charge in [-0.2, -0.15) is 0 Å². The van der Waals surface area contributed by atoms with Crippen LogP contribution in [0.15, 0.2) is 47.4 Å². The number of piperidine rings is 1. The lowest BCUT2D eigenvalue weighted by atomic mass is 10.0. The lowest BCUT2D eigenvalue weighted by Gasteiger charge is -2.33. The number of nitrogens with zero attached hydrogens (tertiary/aromatic N) is 1. The largest absolute Gasteiger partial charge is 0.495 e. The minimum atomic E-state index is -3.96. The summed E-state index contributed by atoms with van der Waals surface area (Å²) in [5.74, 6) is -0.0295. The summed E-state index contributed by atoms with van der Waals surface area (Å²) in [4.78, 5) is 26.9. The van der Waals surface area contributed by atoms with Gasteiger partial charge in [0.2, 0.25) is 5.91 Å². The summed E-state index contributed by atoms with van der Waals surface area (Å²) in [6, 6.07) is 11.3. The molecule has 33 heavy (non-hydrogen) atoms. The van der Waals surface area contributed by atoms with Crippen molar-refractivity contribution in [3.63, 3.8) is 0 Å². The van der Waals surface area contributed by atoms with E-state index in [1.807, 2.05) is 13.8 Å². The van der Waals surface area contributed by atoms with Crippen molar-refractivity contribution < 1.29 is 22.7 Å². The van der Waals surface area contributed by atoms with E-state index in [2.05, 4.69) is 10.0 Å². The number of carbonyl (C=O) groups is 2. The number of nitrogens with one attached hydrogen (secondary N) is 2. The highest BCUT2D eigenvalue weighted by Crippen LogP contribution is 2.28. The maximum absolute atomic E-state index is 13.2. The van der Waals surface area contributed by atoms with Gasteiger partial charge in [-0.3, -0.25) is 14.3 Å². The maximum Gasteiger partial charge on any atom is 0.262 e. The molecular formula is C24H31N3O5S. The van der Waals surface area contributed by atoms with Crippen LogP contribution in [0, 0.1) is 12.8 Å². The number of aryl methyl sites for hydroxylation is 1. The first-order chi connectivity index (χ1) is 15.6. The first-order valence-electron chi connectivity index (χ1n) is 11.0. The topological polar surface area (TPSA) is 105 Å². The second-order valence-electron chi connectivity index (χ2n) is 8.54. The average Bonchev–Trinajstić information content (AvgIpc) is 2.79. The third-order valence-electron chi connectivity index (χ3n) is 5.66. The average molecular weight is 474 g/mol. The number of hydrogen-bond acceptors (Lipinski definition) is 5. The molecule has 178 valence electrons. The van der Waals surface area contributed by atoms with E-state index in [4.69, 9.17) is 4.74 Å². The highest BCUT2D eigenvalue weighted by atomic mass is 32.2. The fourth-order valence-corrected chi connectivity index (χ4v) is 5.12. The van der Waals surface area contributed by atoms with Crippen molar-refractivity contribution in [3.8, 4) is 5.75 Å². The van der Waals surface area contributed by atoms with Crippen molar-refractivity contribution in [3.05, 3.63) is 53.6 Å². The van der Waals surface area contributed by atoms with Gasteiger partial charge in [0.05, 0.1) is 17.7 Å². The summed E-state index contributed by atoms with van der Waals surface area (Å²) in [7, 11) is -2.49. The molecule has 0 saturated carbocycles. The van der Waals surface area contributed by atoms with E-state index in [9.17, 15) is 18.0 Å². The van der Waals surface area contributed by atoms with Gasteiger partial charge in [0.1, 0.15) is 5.75 Å². The fourth-order valence-electron chi connectivity index (χ4n) is 3.78. The Bertz CT molecular complexity index is 1130. The molecule has 8 nitrogen and oxygen atoms in total. The Hall–Kier alpha value is -3.07. The molecule has 0 aromatic heterocycles. The number of amides is 2. The van der Waals surface area contributed by atoms with Crippen molar-refractivity contribution in [2.45, 2.75) is 44.6 Å². The standard InChI is InChI=1S/C24H31N3O5S/c1-16(2)23(28)25-19-8-7-13-27(15-19)24(29)18-12-11-17(3)22(14-18)33(30,31)26-20-9-5-6-10-21(20)32-4/h5-6,9-12,14,16,19,26H,7-8,13,15H2,1-4H3,(H,25,28). The molecule has 1 heterocycles. The third kappa shape index (κ3) is 5.84. The van der Waals surface area contributed by atoms with Gasteiger partial charge in [-0.1, -0.05) is 32.0 Å². The van der Waals surface area contributed by atoms with Gasteiger partial charge in [0.25, 0.3) is 15.9 Å². The molecule has 0 spiro atoms. The first kappa shape index (κ1) is 24.6. The summed E-state index contributed by atoms with van der Waals surface area (Å²) >= 11 is 0. The molecule has 1 fully saturated rings. The van der Waals surface area contributed by atoms with Gasteiger partial charge < -0.3 is 15.0 Å². The Kier molecular flexibility index (Phi) is 7.63. The fraction of sp³-hybridized carbons (Fsp3) is 0.417. The first-order valence-corrected chi connectivity index (χ1v) is 12.5. The van der Waals surface area contributed by atoms with Crippen molar-refractivity contribution in [1.29, 1.82) is 0 Å². The summed E-state index contributed by atoms with van der Waals surface area (Å²) in [6.45, 7) is 6.29. The number of benzene rings is 2. The number of rotatable bonds is 7. The van der Waals surface area contributed by atoms with E-state index in [-0.39, 0.29) is 34.2 Å². The second-order valence-corrected chi connectivity index (χ2v) is 10.2. The summed E-state index contributed by atoms with van der Waals surface area (Å²) < 4.78 is 34.1. The number of hydrogen-bond donors (Lipinski definition) is 2. The van der Waals surface area contributed by atoms with Crippen LogP contribution in [0.3, 0.4) is 0 Å². The van der Waals surface area contributed by atoms with Crippen LogP contribution < -0.4 is 14.8 Å². The number of ether oxygens (including phenoxy) is 1. The van der Waals surface area contributed by atoms with Crippen LogP contribution in [0.5, 0.6) is 5.75 Å². The summed E-state index contributed by atoms with van der Waals surface area (Å²) in [5, 5.41) is 2.99. The van der Waals surface area contributed by atoms with E-state index < -0.39 is 10.0 Å². The minimum absolute atomic E-state index is 0.0286. The third-order valence-corrected chi connectivity index (χ3v) is 7.16. The van der Waals surface area contributed by atoms with E-state index in [0.717, 1.165) is 12.8 Å². The van der Waals surface area contributed by atoms with Crippen LogP contribution >= 0.6 is 0 Å². The number of likely N-dealkylation sites (tertiary alicyclic amines) is 1. The zero-order chi connectivity index (χ0) is 24.2. The highest BCUT2D eigenvalue weighted by molar-refractivity contribution is 7.92. The summed E-state index contributed by atoms with van der Waals surface area (Å²) in [6.07, 6.45) is 1.57. The SMILES string of the molecule is COc1ccccc1NS(=O)(=O)c1cc(C(=O)N2CCCC(NC(=O)C(C)C)C2)ccc1C. The maximum atomic E-state index is 13.2. The Morgan fingerprint density at radius 3 is 2.58 bits per heavy atom. The molecule has 1 aliphatic rings. The molecule has 2 aromatic carbocycles. The van der Waals surface area contributed by atoms with Crippen LogP contribution in [0.2, 0.25) is 0 Å². The lowest BCUT2D eigenvalue weighted by Crippen LogP contribution is -2.50. The molecule has 2 amide bonds. The van der Waals surface area contributed by atoms with Crippen LogP contribution in [-0.2, 0) is 14.8 Å². The predicted octanol–water partition coefficient (Wildman–Crippen LogP) is 3.18. The van der Waals surface area contributed by atoms with Crippen LogP contribution in [0.1, 0.15) is 42.6 Å². The molecular weight excluding hydrogens is 442 g/mol. The molecule has 1 aliphatic heterocycles. The smallest absolute Gasteiger partial charge is 0.262 e. The van der Waals surface area contributed by atoms with Gasteiger partial charge in [0, 0.05) is 30.6 Å². The molecule has 2 N–H and O–H groups in total. The molecule has 9 heteroatoms. The number of carbonyl (C=O) groups excluding carboxylic acids is 2. The van der Waals surface area contributed by atoms with Crippen molar-refractivity contribution >= 4 is 27.5 Å². The van der Waals surface area contributed by atoms with Gasteiger partial charge in [-0.15, -0.1) is 0 Å². The normalized spacial score (nSPS) is 16.4. The number of anilines is 1. The molecule has 2 aromatic rings. The van der Waals surface area contributed by atoms with Gasteiger partial charge in [0.15, 0.2) is 0 Å². The second kappa shape index (κ2) is 10.2. The highest BCUT2D eigenvalue weighted by Gasteiger charge is 2.27. The molecule has 0 bridgehead atoms. The monoisotopic (exact) mass is 473 g/mol. The van der Waals surface area contributed by atoms with Gasteiger partial charge >= 0.3 is 0 Å². The number of methoxy groups -OCH3 is 1. The Morgan fingerprint density at radius 1 is 1.15 bits per heavy atom. The molecule has 0 aliphatic carbocycles. The predicted molar refractivity (Wildman–Crippen MR) is 127 cm³/mol. The molecule has 0 radical (unpaired) electrons.